The maximum atomic E-state index is 13.1. The van der Waals surface area contributed by atoms with Crippen LogP contribution in [-0.2, 0) is 23.6 Å². The summed E-state index contributed by atoms with van der Waals surface area (Å²) in [6.07, 6.45) is -8.51. The van der Waals surface area contributed by atoms with E-state index in [0.29, 0.717) is 23.8 Å². The van der Waals surface area contributed by atoms with Gasteiger partial charge in [-0.25, -0.2) is 4.79 Å². The first-order valence-corrected chi connectivity index (χ1v) is 9.77. The van der Waals surface area contributed by atoms with Crippen molar-refractivity contribution < 1.29 is 41.0 Å². The lowest BCUT2D eigenvalue weighted by Gasteiger charge is -2.27. The van der Waals surface area contributed by atoms with Crippen LogP contribution in [0.1, 0.15) is 27.0 Å². The summed E-state index contributed by atoms with van der Waals surface area (Å²) in [6.45, 7) is 0. The van der Waals surface area contributed by atoms with Gasteiger partial charge in [-0.2, -0.15) is 26.3 Å². The van der Waals surface area contributed by atoms with Crippen LogP contribution < -0.4 is 0 Å². The van der Waals surface area contributed by atoms with E-state index in [1.54, 1.807) is 0 Å². The summed E-state index contributed by atoms with van der Waals surface area (Å²) < 4.78 is 78.8. The Labute approximate surface area is 194 Å². The van der Waals surface area contributed by atoms with E-state index in [9.17, 15) is 35.9 Å². The van der Waals surface area contributed by atoms with Crippen molar-refractivity contribution in [2.75, 3.05) is 7.05 Å². The van der Waals surface area contributed by atoms with Crippen molar-refractivity contribution in [2.24, 2.45) is 0 Å². The van der Waals surface area contributed by atoms with Gasteiger partial charge in [0.05, 0.1) is 27.2 Å². The number of hydrogen-bond donors (Lipinski definition) is 1. The fraction of sp³-hybridized carbons (Fsp3) is 0.238. The van der Waals surface area contributed by atoms with Crippen molar-refractivity contribution in [3.05, 3.63) is 80.8 Å². The van der Waals surface area contributed by atoms with Crippen molar-refractivity contribution >= 4 is 35.1 Å². The normalized spacial score (nSPS) is 13.2. The molecule has 33 heavy (non-hydrogen) atoms. The predicted octanol–water partition coefficient (Wildman–Crippen LogP) is 6.36. The van der Waals surface area contributed by atoms with Crippen LogP contribution >= 0.6 is 23.2 Å². The Hall–Kier alpha value is -2.72. The second-order valence-electron chi connectivity index (χ2n) is 6.93. The third-order valence-corrected chi connectivity index (χ3v) is 5.28. The number of likely N-dealkylation sites (N-methyl/N-ethyl adjacent to an activating group) is 1. The molecule has 0 spiro atoms. The number of hydrogen-bond acceptors (Lipinski definition) is 2. The fourth-order valence-corrected chi connectivity index (χ4v) is 3.19. The van der Waals surface area contributed by atoms with Gasteiger partial charge in [-0.05, 0) is 42.3 Å². The molecule has 0 fully saturated rings. The monoisotopic (exact) mass is 513 g/mol. The summed E-state index contributed by atoms with van der Waals surface area (Å²) in [4.78, 5) is 24.7. The van der Waals surface area contributed by atoms with Gasteiger partial charge in [0.15, 0.2) is 0 Å². The van der Waals surface area contributed by atoms with Crippen molar-refractivity contribution in [1.29, 1.82) is 0 Å². The SMILES string of the molecule is CN(C(=O)c1cc(C(F)(F)F)cc(C(F)(F)F)c1)C(C=CC(=O)O)Cc1ccc(Cl)c(Cl)c1. The number of aliphatic carboxylic acids is 1. The Balaban J connectivity index is 2.49. The molecule has 1 atom stereocenters. The van der Waals surface area contributed by atoms with E-state index in [2.05, 4.69) is 0 Å². The summed E-state index contributed by atoms with van der Waals surface area (Å²) in [5, 5.41) is 9.31. The summed E-state index contributed by atoms with van der Waals surface area (Å²) in [5.41, 5.74) is -3.65. The lowest BCUT2D eigenvalue weighted by molar-refractivity contribution is -0.143. The van der Waals surface area contributed by atoms with E-state index in [4.69, 9.17) is 28.3 Å². The van der Waals surface area contributed by atoms with Gasteiger partial charge in [-0.1, -0.05) is 35.3 Å². The van der Waals surface area contributed by atoms with E-state index in [0.717, 1.165) is 18.0 Å². The fourth-order valence-electron chi connectivity index (χ4n) is 2.87. The Morgan fingerprint density at radius 3 is 1.97 bits per heavy atom. The number of carbonyl (C=O) groups is 2. The van der Waals surface area contributed by atoms with Crippen LogP contribution in [0.5, 0.6) is 0 Å². The number of carboxylic acid groups (broad SMARTS) is 1. The molecule has 178 valence electrons. The number of alkyl halides is 6. The van der Waals surface area contributed by atoms with Crippen LogP contribution in [-0.4, -0.2) is 35.0 Å². The van der Waals surface area contributed by atoms with Gasteiger partial charge in [0.25, 0.3) is 5.91 Å². The van der Waals surface area contributed by atoms with Gasteiger partial charge in [0, 0.05) is 18.7 Å². The van der Waals surface area contributed by atoms with Crippen LogP contribution in [0.2, 0.25) is 10.0 Å². The second kappa shape index (κ2) is 10.0. The predicted molar refractivity (Wildman–Crippen MR) is 109 cm³/mol. The van der Waals surface area contributed by atoms with E-state index in [1.807, 2.05) is 0 Å². The van der Waals surface area contributed by atoms with E-state index in [1.165, 1.54) is 18.2 Å². The molecule has 4 nitrogen and oxygen atoms in total. The highest BCUT2D eigenvalue weighted by Gasteiger charge is 2.38. The molecule has 0 aromatic heterocycles. The molecule has 0 aliphatic rings. The minimum Gasteiger partial charge on any atom is -0.478 e. The Morgan fingerprint density at radius 2 is 1.52 bits per heavy atom. The second-order valence-corrected chi connectivity index (χ2v) is 7.74. The number of halogens is 8. The Kier molecular flexibility index (Phi) is 8.08. The van der Waals surface area contributed by atoms with E-state index >= 15 is 0 Å². The summed E-state index contributed by atoms with van der Waals surface area (Å²) in [7, 11) is 1.13. The van der Waals surface area contributed by atoms with Gasteiger partial charge in [0.2, 0.25) is 0 Å². The van der Waals surface area contributed by atoms with Crippen molar-refractivity contribution in [3.8, 4) is 0 Å². The maximum Gasteiger partial charge on any atom is 0.416 e. The van der Waals surface area contributed by atoms with Crippen LogP contribution in [0.3, 0.4) is 0 Å². The number of benzene rings is 2. The lowest BCUT2D eigenvalue weighted by atomic mass is 10.0. The Morgan fingerprint density at radius 1 is 0.970 bits per heavy atom. The molecule has 0 saturated heterocycles. The van der Waals surface area contributed by atoms with Gasteiger partial charge >= 0.3 is 18.3 Å². The highest BCUT2D eigenvalue weighted by atomic mass is 35.5. The van der Waals surface area contributed by atoms with Crippen molar-refractivity contribution in [1.82, 2.24) is 4.90 Å². The zero-order valence-corrected chi connectivity index (χ0v) is 18.1. The molecule has 1 unspecified atom stereocenters. The van der Waals surface area contributed by atoms with Gasteiger partial charge in [-0.15, -0.1) is 0 Å². The first kappa shape index (κ1) is 26.5. The molecule has 0 aliphatic heterocycles. The quantitative estimate of drug-likeness (QED) is 0.361. The number of carbonyl (C=O) groups excluding carboxylic acids is 1. The molecule has 2 rings (SSSR count). The standard InChI is InChI=1S/C21H15Cl2F6NO3/c1-30(15(3-5-18(31)32)6-11-2-4-16(22)17(23)7-11)19(33)12-8-13(20(24,25)26)10-14(9-12)21(27,28)29/h2-5,7-10,15H,6H2,1H3,(H,31,32). The van der Waals surface area contributed by atoms with Crippen LogP contribution in [0.4, 0.5) is 26.3 Å². The summed E-state index contributed by atoms with van der Waals surface area (Å²) >= 11 is 11.8. The van der Waals surface area contributed by atoms with Crippen molar-refractivity contribution in [3.63, 3.8) is 0 Å². The lowest BCUT2D eigenvalue weighted by Crippen LogP contribution is -2.37. The molecule has 2 aromatic carbocycles. The minimum absolute atomic E-state index is 0.0476. The minimum atomic E-state index is -5.13. The third-order valence-electron chi connectivity index (χ3n) is 4.54. The summed E-state index contributed by atoms with van der Waals surface area (Å²) in [5.74, 6) is -2.54. The topological polar surface area (TPSA) is 57.6 Å². The molecule has 0 bridgehead atoms. The summed E-state index contributed by atoms with van der Waals surface area (Å²) in [6, 6.07) is 3.90. The smallest absolute Gasteiger partial charge is 0.416 e. The third kappa shape index (κ3) is 7.13. The molecular weight excluding hydrogens is 499 g/mol. The largest absolute Gasteiger partial charge is 0.478 e. The van der Waals surface area contributed by atoms with Gasteiger partial charge in [-0.3, -0.25) is 4.79 Å². The number of carboxylic acids is 1. The van der Waals surface area contributed by atoms with Crippen LogP contribution in [0.25, 0.3) is 0 Å². The molecule has 0 aliphatic carbocycles. The zero-order valence-electron chi connectivity index (χ0n) is 16.6. The maximum absolute atomic E-state index is 13.1. The van der Waals surface area contributed by atoms with Gasteiger partial charge < -0.3 is 10.0 Å². The van der Waals surface area contributed by atoms with E-state index in [-0.39, 0.29) is 22.5 Å². The highest BCUT2D eigenvalue weighted by Crippen LogP contribution is 2.36. The number of amides is 1. The van der Waals surface area contributed by atoms with Crippen molar-refractivity contribution in [2.45, 2.75) is 24.8 Å². The van der Waals surface area contributed by atoms with E-state index < -0.39 is 47.0 Å². The average Bonchev–Trinajstić information content (AvgIpc) is 2.70. The Bertz CT molecular complexity index is 1050. The molecule has 12 heteroatoms. The molecule has 1 amide bonds. The number of rotatable bonds is 6. The zero-order chi connectivity index (χ0) is 25.1. The van der Waals surface area contributed by atoms with Crippen LogP contribution in [0, 0.1) is 0 Å². The van der Waals surface area contributed by atoms with Gasteiger partial charge in [0.1, 0.15) is 0 Å². The molecular formula is C21H15Cl2F6NO3. The average molecular weight is 514 g/mol. The molecule has 1 N–H and O–H groups in total. The molecule has 0 saturated carbocycles. The first-order chi connectivity index (χ1) is 15.1. The molecule has 0 heterocycles. The first-order valence-electron chi connectivity index (χ1n) is 9.01. The molecule has 0 radical (unpaired) electrons. The van der Waals surface area contributed by atoms with Crippen LogP contribution in [0.15, 0.2) is 48.6 Å². The molecule has 2 aromatic rings. The number of nitrogens with zero attached hydrogens (tertiary/aromatic N) is 1. The highest BCUT2D eigenvalue weighted by molar-refractivity contribution is 6.42.